The van der Waals surface area contributed by atoms with Gasteiger partial charge in [-0.2, -0.15) is 0 Å². The van der Waals surface area contributed by atoms with Gasteiger partial charge in [0, 0.05) is 18.3 Å². The van der Waals surface area contributed by atoms with E-state index in [1.807, 2.05) is 6.07 Å². The first kappa shape index (κ1) is 10.2. The average Bonchev–Trinajstić information content (AvgIpc) is 2.53. The van der Waals surface area contributed by atoms with Crippen molar-refractivity contribution < 1.29 is 4.79 Å². The van der Waals surface area contributed by atoms with Crippen molar-refractivity contribution in [1.29, 1.82) is 0 Å². The Morgan fingerprint density at radius 3 is 3.00 bits per heavy atom. The Morgan fingerprint density at radius 1 is 1.47 bits per heavy atom. The van der Waals surface area contributed by atoms with E-state index in [1.54, 1.807) is 0 Å². The Morgan fingerprint density at radius 2 is 2.27 bits per heavy atom. The lowest BCUT2D eigenvalue weighted by Crippen LogP contribution is -2.21. The molecule has 3 nitrogen and oxygen atoms in total. The van der Waals surface area contributed by atoms with Crippen LogP contribution in [0, 0.1) is 0 Å². The lowest BCUT2D eigenvalue weighted by Gasteiger charge is -2.08. The van der Waals surface area contributed by atoms with Crippen molar-refractivity contribution in [3.8, 4) is 0 Å². The van der Waals surface area contributed by atoms with Crippen molar-refractivity contribution in [3.63, 3.8) is 0 Å². The van der Waals surface area contributed by atoms with Gasteiger partial charge >= 0.3 is 0 Å². The van der Waals surface area contributed by atoms with Crippen LogP contribution in [0.4, 0.5) is 5.69 Å². The molecule has 0 radical (unpaired) electrons. The molecule has 0 spiro atoms. The summed E-state index contributed by atoms with van der Waals surface area (Å²) in [4.78, 5) is 11.2. The lowest BCUT2D eigenvalue weighted by atomic mass is 10.1. The fourth-order valence-electron chi connectivity index (χ4n) is 1.71. The molecule has 1 amide bonds. The summed E-state index contributed by atoms with van der Waals surface area (Å²) in [5, 5.41) is 6.19. The topological polar surface area (TPSA) is 41.1 Å². The molecule has 0 bridgehead atoms. The van der Waals surface area contributed by atoms with Gasteiger partial charge in [0.25, 0.3) is 0 Å². The van der Waals surface area contributed by atoms with Crippen LogP contribution in [-0.4, -0.2) is 11.9 Å². The predicted molar refractivity (Wildman–Crippen MR) is 60.8 cm³/mol. The first-order chi connectivity index (χ1) is 7.15. The van der Waals surface area contributed by atoms with Crippen LogP contribution in [-0.2, 0) is 17.8 Å². The normalized spacial score (nSPS) is 14.2. The summed E-state index contributed by atoms with van der Waals surface area (Å²) < 4.78 is 0. The molecule has 1 aliphatic rings. The largest absolute Gasteiger partial charge is 0.326 e. The zero-order valence-corrected chi connectivity index (χ0v) is 9.13. The van der Waals surface area contributed by atoms with E-state index in [4.69, 9.17) is 0 Å². The lowest BCUT2D eigenvalue weighted by molar-refractivity contribution is -0.115. The van der Waals surface area contributed by atoms with Crippen LogP contribution in [0.15, 0.2) is 18.2 Å². The number of carbonyl (C=O) groups is 1. The number of benzene rings is 1. The minimum Gasteiger partial charge on any atom is -0.326 e. The first-order valence-corrected chi connectivity index (χ1v) is 5.30. The summed E-state index contributed by atoms with van der Waals surface area (Å²) in [6.45, 7) is 5.11. The van der Waals surface area contributed by atoms with Crippen LogP contribution in [0.25, 0.3) is 0 Å². The highest BCUT2D eigenvalue weighted by molar-refractivity contribution is 5.99. The molecule has 15 heavy (non-hydrogen) atoms. The molecule has 2 N–H and O–H groups in total. The van der Waals surface area contributed by atoms with Crippen LogP contribution < -0.4 is 10.6 Å². The molecule has 1 heterocycles. The van der Waals surface area contributed by atoms with E-state index in [1.165, 1.54) is 5.56 Å². The molecule has 0 saturated carbocycles. The Balaban J connectivity index is 2.09. The van der Waals surface area contributed by atoms with Gasteiger partial charge in [0.05, 0.1) is 6.42 Å². The van der Waals surface area contributed by atoms with Gasteiger partial charge in [0.2, 0.25) is 5.91 Å². The van der Waals surface area contributed by atoms with E-state index in [-0.39, 0.29) is 5.91 Å². The van der Waals surface area contributed by atoms with Crippen LogP contribution >= 0.6 is 0 Å². The molecule has 3 heteroatoms. The molecule has 1 aromatic carbocycles. The monoisotopic (exact) mass is 204 g/mol. The molecular formula is C12H16N2O. The molecular weight excluding hydrogens is 188 g/mol. The number of hydrogen-bond donors (Lipinski definition) is 2. The summed E-state index contributed by atoms with van der Waals surface area (Å²) >= 11 is 0. The molecule has 0 unspecified atom stereocenters. The quantitative estimate of drug-likeness (QED) is 0.786. The second-order valence-corrected chi connectivity index (χ2v) is 4.25. The molecule has 2 rings (SSSR count). The molecule has 1 aromatic rings. The first-order valence-electron chi connectivity index (χ1n) is 5.30. The maximum absolute atomic E-state index is 11.2. The molecule has 0 aliphatic carbocycles. The van der Waals surface area contributed by atoms with Gasteiger partial charge in [-0.05, 0) is 17.2 Å². The average molecular weight is 204 g/mol. The fraction of sp³-hybridized carbons (Fsp3) is 0.417. The van der Waals surface area contributed by atoms with Crippen molar-refractivity contribution in [3.05, 3.63) is 29.3 Å². The van der Waals surface area contributed by atoms with E-state index in [2.05, 4.69) is 36.6 Å². The van der Waals surface area contributed by atoms with Crippen LogP contribution in [0.5, 0.6) is 0 Å². The highest BCUT2D eigenvalue weighted by Gasteiger charge is 2.17. The molecule has 0 aromatic heterocycles. The number of nitrogens with one attached hydrogen (secondary N) is 2. The van der Waals surface area contributed by atoms with Gasteiger partial charge in [-0.25, -0.2) is 0 Å². The number of rotatable bonds is 3. The van der Waals surface area contributed by atoms with E-state index < -0.39 is 0 Å². The maximum atomic E-state index is 11.2. The molecule has 0 atom stereocenters. The van der Waals surface area contributed by atoms with Gasteiger partial charge in [-0.15, -0.1) is 0 Å². The van der Waals surface area contributed by atoms with Crippen molar-refractivity contribution in [2.45, 2.75) is 32.9 Å². The summed E-state index contributed by atoms with van der Waals surface area (Å²) in [7, 11) is 0. The fourth-order valence-corrected chi connectivity index (χ4v) is 1.71. The Kier molecular flexibility index (Phi) is 2.73. The van der Waals surface area contributed by atoms with Crippen LogP contribution in [0.3, 0.4) is 0 Å². The third kappa shape index (κ3) is 2.36. The minimum absolute atomic E-state index is 0.0963. The van der Waals surface area contributed by atoms with E-state index >= 15 is 0 Å². The number of hydrogen-bond acceptors (Lipinski definition) is 2. The third-order valence-corrected chi connectivity index (χ3v) is 2.51. The van der Waals surface area contributed by atoms with Crippen LogP contribution in [0.1, 0.15) is 25.0 Å². The van der Waals surface area contributed by atoms with Gasteiger partial charge in [0.1, 0.15) is 0 Å². The summed E-state index contributed by atoms with van der Waals surface area (Å²) in [6.07, 6.45) is 0.519. The van der Waals surface area contributed by atoms with Crippen LogP contribution in [0.2, 0.25) is 0 Å². The van der Waals surface area contributed by atoms with Crippen molar-refractivity contribution >= 4 is 11.6 Å². The number of carbonyl (C=O) groups excluding carboxylic acids is 1. The second-order valence-electron chi connectivity index (χ2n) is 4.25. The smallest absolute Gasteiger partial charge is 0.228 e. The third-order valence-electron chi connectivity index (χ3n) is 2.51. The summed E-state index contributed by atoms with van der Waals surface area (Å²) in [5.74, 6) is 0.0963. The molecule has 80 valence electrons. The second kappa shape index (κ2) is 4.03. The van der Waals surface area contributed by atoms with E-state index in [0.29, 0.717) is 12.5 Å². The van der Waals surface area contributed by atoms with E-state index in [0.717, 1.165) is 17.8 Å². The molecule has 1 aliphatic heterocycles. The van der Waals surface area contributed by atoms with Gasteiger partial charge < -0.3 is 10.6 Å². The predicted octanol–water partition coefficient (Wildman–Crippen LogP) is 1.68. The zero-order chi connectivity index (χ0) is 10.8. The molecule has 0 saturated heterocycles. The van der Waals surface area contributed by atoms with Gasteiger partial charge in [-0.3, -0.25) is 4.79 Å². The maximum Gasteiger partial charge on any atom is 0.228 e. The zero-order valence-electron chi connectivity index (χ0n) is 9.13. The van der Waals surface area contributed by atoms with Gasteiger partial charge in [0.15, 0.2) is 0 Å². The minimum atomic E-state index is 0.0963. The summed E-state index contributed by atoms with van der Waals surface area (Å²) in [5.41, 5.74) is 3.32. The van der Waals surface area contributed by atoms with E-state index in [9.17, 15) is 4.79 Å². The van der Waals surface area contributed by atoms with Crippen molar-refractivity contribution in [1.82, 2.24) is 5.32 Å². The molecule has 0 fully saturated rings. The summed E-state index contributed by atoms with van der Waals surface area (Å²) in [6, 6.07) is 6.62. The number of anilines is 1. The van der Waals surface area contributed by atoms with Gasteiger partial charge in [-0.1, -0.05) is 26.0 Å². The Hall–Kier alpha value is -1.35. The SMILES string of the molecule is CC(C)NCc1ccc2c(c1)CC(=O)N2. The van der Waals surface area contributed by atoms with Crippen molar-refractivity contribution in [2.75, 3.05) is 5.32 Å². The standard InChI is InChI=1S/C12H16N2O/c1-8(2)13-7-9-3-4-11-10(5-9)6-12(15)14-11/h3-5,8,13H,6-7H2,1-2H3,(H,14,15). The highest BCUT2D eigenvalue weighted by Crippen LogP contribution is 2.23. The van der Waals surface area contributed by atoms with Crippen molar-refractivity contribution in [2.24, 2.45) is 0 Å². The number of fused-ring (bicyclic) bond motifs is 1. The highest BCUT2D eigenvalue weighted by atomic mass is 16.1. The Labute approximate surface area is 89.9 Å². The Bertz CT molecular complexity index is 385. The number of amides is 1.